The second-order valence-corrected chi connectivity index (χ2v) is 4.54. The molecule has 1 aromatic carbocycles. The van der Waals surface area contributed by atoms with Crippen LogP contribution in [0.5, 0.6) is 0 Å². The standard InChI is InChI=1S/C7H7ClOS2/c1-10-6-2-4-7(5-3-6)11(8)9/h2-5H,1H3. The summed E-state index contributed by atoms with van der Waals surface area (Å²) in [6, 6.07) is 7.35. The summed E-state index contributed by atoms with van der Waals surface area (Å²) in [5.41, 5.74) is 0. The maximum absolute atomic E-state index is 10.7. The molecule has 0 radical (unpaired) electrons. The van der Waals surface area contributed by atoms with E-state index >= 15 is 0 Å². The van der Waals surface area contributed by atoms with E-state index in [4.69, 9.17) is 10.7 Å². The second-order valence-electron chi connectivity index (χ2n) is 1.90. The first-order valence-electron chi connectivity index (χ1n) is 2.96. The monoisotopic (exact) mass is 206 g/mol. The molecular formula is C7H7ClOS2. The van der Waals surface area contributed by atoms with Gasteiger partial charge in [0.05, 0.1) is 4.90 Å². The van der Waals surface area contributed by atoms with E-state index in [1.807, 2.05) is 18.4 Å². The number of benzene rings is 1. The Hall–Kier alpha value is 0.01000. The average molecular weight is 207 g/mol. The molecule has 0 N–H and O–H groups in total. The van der Waals surface area contributed by atoms with Crippen molar-refractivity contribution in [3.63, 3.8) is 0 Å². The molecule has 1 rings (SSSR count). The fourth-order valence-electron chi connectivity index (χ4n) is 0.683. The summed E-state index contributed by atoms with van der Waals surface area (Å²) in [7, 11) is 3.99. The Bertz CT molecular complexity index is 258. The van der Waals surface area contributed by atoms with Gasteiger partial charge in [0.15, 0.2) is 0 Å². The summed E-state index contributed by atoms with van der Waals surface area (Å²) in [4.78, 5) is 1.81. The molecule has 1 unspecified atom stereocenters. The first-order chi connectivity index (χ1) is 5.24. The fourth-order valence-corrected chi connectivity index (χ4v) is 1.75. The minimum Gasteiger partial charge on any atom is -0.237 e. The van der Waals surface area contributed by atoms with Gasteiger partial charge in [-0.25, -0.2) is 4.21 Å². The largest absolute Gasteiger partial charge is 0.237 e. The Balaban J connectivity index is 2.91. The van der Waals surface area contributed by atoms with Gasteiger partial charge in [-0.05, 0) is 41.2 Å². The van der Waals surface area contributed by atoms with Gasteiger partial charge in [-0.15, -0.1) is 11.8 Å². The van der Waals surface area contributed by atoms with Gasteiger partial charge >= 0.3 is 0 Å². The van der Waals surface area contributed by atoms with Crippen LogP contribution >= 0.6 is 22.4 Å². The lowest BCUT2D eigenvalue weighted by Crippen LogP contribution is -1.79. The second kappa shape index (κ2) is 4.14. The predicted molar refractivity (Wildman–Crippen MR) is 50.5 cm³/mol. The predicted octanol–water partition coefficient (Wildman–Crippen LogP) is 2.67. The Labute approximate surface area is 77.1 Å². The van der Waals surface area contributed by atoms with Crippen molar-refractivity contribution in [2.45, 2.75) is 9.79 Å². The van der Waals surface area contributed by atoms with Crippen LogP contribution in [0, 0.1) is 0 Å². The van der Waals surface area contributed by atoms with E-state index in [9.17, 15) is 4.21 Å². The molecule has 11 heavy (non-hydrogen) atoms. The summed E-state index contributed by atoms with van der Waals surface area (Å²) in [6.07, 6.45) is 1.99. The first-order valence-corrected chi connectivity index (χ1v) is 6.16. The van der Waals surface area contributed by atoms with Gasteiger partial charge in [0.2, 0.25) is 0 Å². The Kier molecular flexibility index (Phi) is 3.43. The van der Waals surface area contributed by atoms with Crippen LogP contribution < -0.4 is 0 Å². The van der Waals surface area contributed by atoms with Crippen molar-refractivity contribution < 1.29 is 4.21 Å². The number of hydrogen-bond acceptors (Lipinski definition) is 2. The molecule has 4 heteroatoms. The minimum atomic E-state index is -1.38. The van der Waals surface area contributed by atoms with Crippen LogP contribution in [0.1, 0.15) is 0 Å². The molecule has 0 bridgehead atoms. The summed E-state index contributed by atoms with van der Waals surface area (Å²) in [5.74, 6) is 0. The van der Waals surface area contributed by atoms with E-state index in [1.165, 1.54) is 0 Å². The third-order valence-corrected chi connectivity index (χ3v) is 3.17. The summed E-state index contributed by atoms with van der Waals surface area (Å²) >= 11 is 1.65. The summed E-state index contributed by atoms with van der Waals surface area (Å²) in [6.45, 7) is 0. The topological polar surface area (TPSA) is 17.1 Å². The average Bonchev–Trinajstić information content (AvgIpc) is 2.05. The van der Waals surface area contributed by atoms with Gasteiger partial charge in [0.1, 0.15) is 10.0 Å². The molecule has 0 saturated heterocycles. The van der Waals surface area contributed by atoms with E-state index in [0.29, 0.717) is 4.90 Å². The van der Waals surface area contributed by atoms with Crippen LogP contribution in [0.2, 0.25) is 0 Å². The first kappa shape index (κ1) is 9.10. The highest BCUT2D eigenvalue weighted by molar-refractivity contribution is 8.08. The maximum atomic E-state index is 10.7. The van der Waals surface area contributed by atoms with Crippen LogP contribution in [-0.2, 0) is 10.0 Å². The fraction of sp³-hybridized carbons (Fsp3) is 0.143. The Morgan fingerprint density at radius 2 is 1.91 bits per heavy atom. The molecule has 0 heterocycles. The lowest BCUT2D eigenvalue weighted by atomic mass is 10.4. The number of thioether (sulfide) groups is 1. The van der Waals surface area contributed by atoms with Crippen LogP contribution in [0.3, 0.4) is 0 Å². The van der Waals surface area contributed by atoms with Crippen molar-refractivity contribution in [3.8, 4) is 0 Å². The molecule has 1 atom stereocenters. The maximum Gasteiger partial charge on any atom is 0.147 e. The zero-order valence-electron chi connectivity index (χ0n) is 5.91. The number of hydrogen-bond donors (Lipinski definition) is 0. The molecule has 0 aliphatic carbocycles. The van der Waals surface area contributed by atoms with Crippen LogP contribution in [0.4, 0.5) is 0 Å². The minimum absolute atomic E-state index is 0.657. The highest BCUT2D eigenvalue weighted by atomic mass is 35.7. The molecule has 0 saturated carbocycles. The van der Waals surface area contributed by atoms with Gasteiger partial charge in [-0.3, -0.25) is 0 Å². The molecule has 0 fully saturated rings. The van der Waals surface area contributed by atoms with Gasteiger partial charge in [-0.1, -0.05) is 0 Å². The lowest BCUT2D eigenvalue weighted by molar-refractivity contribution is 0.691. The zero-order chi connectivity index (χ0) is 8.27. The molecule has 0 aliphatic rings. The SMILES string of the molecule is CSc1ccc(S(=O)Cl)cc1. The van der Waals surface area contributed by atoms with E-state index in [0.717, 1.165) is 4.90 Å². The van der Waals surface area contributed by atoms with Gasteiger partial charge in [0, 0.05) is 4.90 Å². The lowest BCUT2D eigenvalue weighted by Gasteiger charge is -1.95. The molecule has 60 valence electrons. The van der Waals surface area contributed by atoms with Crippen molar-refractivity contribution >= 4 is 32.5 Å². The van der Waals surface area contributed by atoms with E-state index in [1.54, 1.807) is 23.9 Å². The van der Waals surface area contributed by atoms with Crippen molar-refractivity contribution in [1.82, 2.24) is 0 Å². The normalized spacial score (nSPS) is 12.9. The van der Waals surface area contributed by atoms with Gasteiger partial charge in [-0.2, -0.15) is 0 Å². The number of halogens is 1. The van der Waals surface area contributed by atoms with Crippen molar-refractivity contribution in [1.29, 1.82) is 0 Å². The summed E-state index contributed by atoms with van der Waals surface area (Å²) < 4.78 is 10.7. The Morgan fingerprint density at radius 3 is 2.27 bits per heavy atom. The Morgan fingerprint density at radius 1 is 1.36 bits per heavy atom. The van der Waals surface area contributed by atoms with Gasteiger partial charge in [0.25, 0.3) is 0 Å². The van der Waals surface area contributed by atoms with E-state index in [2.05, 4.69) is 0 Å². The van der Waals surface area contributed by atoms with E-state index < -0.39 is 10.0 Å². The molecule has 0 spiro atoms. The molecule has 1 nitrogen and oxygen atoms in total. The van der Waals surface area contributed by atoms with Crippen molar-refractivity contribution in [3.05, 3.63) is 24.3 Å². The van der Waals surface area contributed by atoms with Crippen LogP contribution in [0.15, 0.2) is 34.1 Å². The van der Waals surface area contributed by atoms with Gasteiger partial charge < -0.3 is 0 Å². The molecular weight excluding hydrogens is 200 g/mol. The third-order valence-electron chi connectivity index (χ3n) is 1.24. The van der Waals surface area contributed by atoms with Crippen molar-refractivity contribution in [2.75, 3.05) is 6.26 Å². The smallest absolute Gasteiger partial charge is 0.147 e. The zero-order valence-corrected chi connectivity index (χ0v) is 8.30. The number of rotatable bonds is 2. The van der Waals surface area contributed by atoms with Crippen LogP contribution in [0.25, 0.3) is 0 Å². The highest BCUT2D eigenvalue weighted by Gasteiger charge is 1.97. The van der Waals surface area contributed by atoms with E-state index in [-0.39, 0.29) is 0 Å². The molecule has 0 aromatic heterocycles. The highest BCUT2D eigenvalue weighted by Crippen LogP contribution is 2.17. The third kappa shape index (κ3) is 2.51. The summed E-state index contributed by atoms with van der Waals surface area (Å²) in [5, 5.41) is 0. The van der Waals surface area contributed by atoms with Crippen LogP contribution in [-0.4, -0.2) is 10.5 Å². The quantitative estimate of drug-likeness (QED) is 0.547. The van der Waals surface area contributed by atoms with Crippen molar-refractivity contribution in [2.24, 2.45) is 0 Å². The molecule has 0 aliphatic heterocycles. The molecule has 0 amide bonds. The molecule has 1 aromatic rings.